The van der Waals surface area contributed by atoms with Crippen LogP contribution >= 0.6 is 0 Å². The molecule has 0 aromatic rings. The van der Waals surface area contributed by atoms with Crippen molar-refractivity contribution in [2.24, 2.45) is 5.92 Å². The van der Waals surface area contributed by atoms with E-state index >= 15 is 0 Å². The van der Waals surface area contributed by atoms with E-state index in [1.54, 1.807) is 0 Å². The summed E-state index contributed by atoms with van der Waals surface area (Å²) >= 11 is 0. The van der Waals surface area contributed by atoms with Gasteiger partial charge in [-0.2, -0.15) is 0 Å². The van der Waals surface area contributed by atoms with Gasteiger partial charge in [-0.1, -0.05) is 0 Å². The van der Waals surface area contributed by atoms with Crippen LogP contribution in [0.2, 0.25) is 0 Å². The summed E-state index contributed by atoms with van der Waals surface area (Å²) < 4.78 is 0. The number of likely N-dealkylation sites (N-methyl/N-ethyl adjacent to an activating group) is 1. The summed E-state index contributed by atoms with van der Waals surface area (Å²) in [7, 11) is 2.08. The summed E-state index contributed by atoms with van der Waals surface area (Å²) in [6.45, 7) is 0.675. The molecule has 0 aliphatic heterocycles. The van der Waals surface area contributed by atoms with E-state index in [0.717, 1.165) is 25.7 Å². The molecule has 4 heteroatoms. The van der Waals surface area contributed by atoms with Gasteiger partial charge in [0.25, 0.3) is 0 Å². The third-order valence-electron chi connectivity index (χ3n) is 4.36. The summed E-state index contributed by atoms with van der Waals surface area (Å²) in [4.78, 5) is 14.0. The molecule has 3 fully saturated rings. The van der Waals surface area contributed by atoms with Crippen molar-refractivity contribution in [2.45, 2.75) is 56.1 Å². The molecule has 3 aliphatic rings. The lowest BCUT2D eigenvalue weighted by atomic mass is 9.92. The maximum Gasteiger partial charge on any atom is 0.325 e. The Morgan fingerprint density at radius 3 is 2.35 bits per heavy atom. The van der Waals surface area contributed by atoms with Crippen molar-refractivity contribution in [3.05, 3.63) is 0 Å². The molecule has 2 N–H and O–H groups in total. The molecule has 0 amide bonds. The van der Waals surface area contributed by atoms with Crippen LogP contribution in [-0.4, -0.2) is 47.2 Å². The molecular weight excluding hydrogens is 216 g/mol. The molecule has 0 saturated heterocycles. The van der Waals surface area contributed by atoms with E-state index in [-0.39, 0.29) is 0 Å². The number of rotatable bonds is 7. The number of carboxylic acid groups (broad SMARTS) is 1. The van der Waals surface area contributed by atoms with E-state index in [0.29, 0.717) is 24.5 Å². The summed E-state index contributed by atoms with van der Waals surface area (Å²) in [5, 5.41) is 13.1. The molecule has 3 rings (SSSR count). The molecule has 0 bridgehead atoms. The summed E-state index contributed by atoms with van der Waals surface area (Å²) in [5.74, 6) is -0.291. The minimum absolute atomic E-state index is 0.349. The molecule has 3 saturated carbocycles. The monoisotopic (exact) mass is 238 g/mol. The zero-order valence-electron chi connectivity index (χ0n) is 10.5. The third-order valence-corrected chi connectivity index (χ3v) is 4.36. The second-order valence-corrected chi connectivity index (χ2v) is 6.12. The van der Waals surface area contributed by atoms with Gasteiger partial charge in [-0.25, -0.2) is 0 Å². The molecule has 1 atom stereocenters. The molecule has 3 aliphatic carbocycles. The maximum absolute atomic E-state index is 11.8. The minimum Gasteiger partial charge on any atom is -0.480 e. The van der Waals surface area contributed by atoms with E-state index < -0.39 is 11.5 Å². The van der Waals surface area contributed by atoms with Gasteiger partial charge in [0.05, 0.1) is 0 Å². The van der Waals surface area contributed by atoms with Crippen molar-refractivity contribution in [1.82, 2.24) is 10.2 Å². The Hall–Kier alpha value is -0.610. The van der Waals surface area contributed by atoms with E-state index in [1.165, 1.54) is 12.8 Å². The number of carboxylic acids is 1. The average Bonchev–Trinajstić information content (AvgIpc) is 3.15. The number of carbonyl (C=O) groups is 1. The summed E-state index contributed by atoms with van der Waals surface area (Å²) in [6, 6.07) is 1.09. The topological polar surface area (TPSA) is 52.6 Å². The lowest BCUT2D eigenvalue weighted by molar-refractivity contribution is -0.147. The number of nitrogens with one attached hydrogen (secondary N) is 1. The molecular formula is C13H22N2O2. The van der Waals surface area contributed by atoms with Gasteiger partial charge in [0, 0.05) is 18.6 Å². The van der Waals surface area contributed by atoms with Crippen LogP contribution in [0.1, 0.15) is 38.5 Å². The predicted octanol–water partition coefficient (Wildman–Crippen LogP) is 1.07. The first kappa shape index (κ1) is 11.5. The molecule has 0 aromatic heterocycles. The first-order chi connectivity index (χ1) is 8.12. The molecule has 0 spiro atoms. The minimum atomic E-state index is -0.668. The first-order valence-electron chi connectivity index (χ1n) is 6.83. The molecule has 96 valence electrons. The van der Waals surface area contributed by atoms with E-state index in [1.807, 2.05) is 0 Å². The SMILES string of the molecule is CN(CC(NC1CC1)(C(=O)O)C1CC1)C1CC1. The predicted molar refractivity (Wildman–Crippen MR) is 64.9 cm³/mol. The number of aliphatic carboxylic acids is 1. The van der Waals surface area contributed by atoms with Gasteiger partial charge >= 0.3 is 5.97 Å². The standard InChI is InChI=1S/C13H22N2O2/c1-15(11-6-7-11)8-13(12(16)17,9-2-3-9)14-10-4-5-10/h9-11,14H,2-8H2,1H3,(H,16,17). The van der Waals surface area contributed by atoms with Crippen LogP contribution in [0.5, 0.6) is 0 Å². The normalized spacial score (nSPS) is 28.1. The highest BCUT2D eigenvalue weighted by Crippen LogP contribution is 2.43. The van der Waals surface area contributed by atoms with Crippen molar-refractivity contribution in [3.63, 3.8) is 0 Å². The molecule has 1 unspecified atom stereocenters. The Labute approximate surface area is 102 Å². The molecule has 0 heterocycles. The second-order valence-electron chi connectivity index (χ2n) is 6.12. The Balaban J connectivity index is 1.73. The van der Waals surface area contributed by atoms with Gasteiger partial charge < -0.3 is 10.0 Å². The highest BCUT2D eigenvalue weighted by Gasteiger charge is 2.54. The number of nitrogens with zero attached hydrogens (tertiary/aromatic N) is 1. The van der Waals surface area contributed by atoms with Crippen molar-refractivity contribution in [1.29, 1.82) is 0 Å². The zero-order chi connectivity index (χ0) is 12.0. The zero-order valence-corrected chi connectivity index (χ0v) is 10.5. The Bertz CT molecular complexity index is 321. The van der Waals surface area contributed by atoms with Gasteiger partial charge in [-0.15, -0.1) is 0 Å². The van der Waals surface area contributed by atoms with Gasteiger partial charge in [0.15, 0.2) is 0 Å². The molecule has 4 nitrogen and oxygen atoms in total. The van der Waals surface area contributed by atoms with Gasteiger partial charge in [0.1, 0.15) is 5.54 Å². The molecule has 0 aromatic carbocycles. The van der Waals surface area contributed by atoms with Crippen LogP contribution in [-0.2, 0) is 4.79 Å². The average molecular weight is 238 g/mol. The van der Waals surface area contributed by atoms with Crippen LogP contribution in [0.3, 0.4) is 0 Å². The highest BCUT2D eigenvalue weighted by molar-refractivity contribution is 5.80. The molecule has 17 heavy (non-hydrogen) atoms. The smallest absolute Gasteiger partial charge is 0.325 e. The highest BCUT2D eigenvalue weighted by atomic mass is 16.4. The van der Waals surface area contributed by atoms with Crippen LogP contribution in [0.25, 0.3) is 0 Å². The summed E-state index contributed by atoms with van der Waals surface area (Å²) in [6.07, 6.45) is 6.92. The lowest BCUT2D eigenvalue weighted by Crippen LogP contribution is -2.61. The van der Waals surface area contributed by atoms with Crippen molar-refractivity contribution in [2.75, 3.05) is 13.6 Å². The lowest BCUT2D eigenvalue weighted by Gasteiger charge is -2.35. The van der Waals surface area contributed by atoms with Gasteiger partial charge in [-0.05, 0) is 51.5 Å². The van der Waals surface area contributed by atoms with Crippen LogP contribution < -0.4 is 5.32 Å². The summed E-state index contributed by atoms with van der Waals surface area (Å²) in [5.41, 5.74) is -0.668. The quantitative estimate of drug-likeness (QED) is 0.696. The van der Waals surface area contributed by atoms with E-state index in [9.17, 15) is 9.90 Å². The number of hydrogen-bond donors (Lipinski definition) is 2. The van der Waals surface area contributed by atoms with Crippen molar-refractivity contribution >= 4 is 5.97 Å². The van der Waals surface area contributed by atoms with Crippen LogP contribution in [0.4, 0.5) is 0 Å². The Kier molecular flexibility index (Phi) is 2.67. The largest absolute Gasteiger partial charge is 0.480 e. The fraction of sp³-hybridized carbons (Fsp3) is 0.923. The van der Waals surface area contributed by atoms with Crippen molar-refractivity contribution in [3.8, 4) is 0 Å². The number of hydrogen-bond acceptors (Lipinski definition) is 3. The van der Waals surface area contributed by atoms with Crippen LogP contribution in [0, 0.1) is 5.92 Å². The first-order valence-corrected chi connectivity index (χ1v) is 6.83. The second kappa shape index (κ2) is 3.95. The van der Waals surface area contributed by atoms with Gasteiger partial charge in [0.2, 0.25) is 0 Å². The Morgan fingerprint density at radius 1 is 1.29 bits per heavy atom. The fourth-order valence-electron chi connectivity index (χ4n) is 2.80. The Morgan fingerprint density at radius 2 is 1.94 bits per heavy atom. The maximum atomic E-state index is 11.8. The fourth-order valence-corrected chi connectivity index (χ4v) is 2.80. The van der Waals surface area contributed by atoms with E-state index in [4.69, 9.17) is 0 Å². The van der Waals surface area contributed by atoms with Gasteiger partial charge in [-0.3, -0.25) is 10.1 Å². The van der Waals surface area contributed by atoms with Crippen LogP contribution in [0.15, 0.2) is 0 Å². The third kappa shape index (κ3) is 2.33. The van der Waals surface area contributed by atoms with E-state index in [2.05, 4.69) is 17.3 Å². The van der Waals surface area contributed by atoms with Crippen molar-refractivity contribution < 1.29 is 9.90 Å². The molecule has 0 radical (unpaired) electrons.